The van der Waals surface area contributed by atoms with Gasteiger partial charge in [-0.25, -0.2) is 14.8 Å². The van der Waals surface area contributed by atoms with Crippen molar-refractivity contribution < 1.29 is 18.0 Å². The summed E-state index contributed by atoms with van der Waals surface area (Å²) < 4.78 is 39.6. The van der Waals surface area contributed by atoms with Crippen LogP contribution in [0.4, 0.5) is 29.5 Å². The lowest BCUT2D eigenvalue weighted by atomic mass is 10.1. The SMILES string of the molecule is Cc1ccc(NC(=O)N2CCN(c3nc(-c4cccc(C(F)(F)F)c4)nc(C)c3C)CC2)cc1C. The number of urea groups is 1. The van der Waals surface area contributed by atoms with Gasteiger partial charge in [0.1, 0.15) is 5.82 Å². The standard InChI is InChI=1S/C26H28F3N5O/c1-16-8-9-22(14-17(16)2)31-25(35)34-12-10-33(11-13-34)24-18(3)19(4)30-23(32-24)20-6-5-7-21(15-20)26(27,28)29/h5-9,14-15H,10-13H2,1-4H3,(H,31,35). The highest BCUT2D eigenvalue weighted by Crippen LogP contribution is 2.32. The number of aryl methyl sites for hydroxylation is 3. The van der Waals surface area contributed by atoms with E-state index >= 15 is 0 Å². The molecule has 2 heterocycles. The number of anilines is 2. The molecule has 1 aromatic heterocycles. The number of carbonyl (C=O) groups excluding carboxylic acids is 1. The van der Waals surface area contributed by atoms with Crippen molar-refractivity contribution in [2.24, 2.45) is 0 Å². The number of amides is 2. The Hall–Kier alpha value is -3.62. The highest BCUT2D eigenvalue weighted by Gasteiger charge is 2.31. The molecule has 0 unspecified atom stereocenters. The van der Waals surface area contributed by atoms with E-state index < -0.39 is 11.7 Å². The molecule has 1 fully saturated rings. The van der Waals surface area contributed by atoms with Gasteiger partial charge in [-0.2, -0.15) is 13.2 Å². The third-order valence-corrected chi connectivity index (χ3v) is 6.44. The number of aromatic nitrogens is 2. The predicted octanol–water partition coefficient (Wildman–Crippen LogP) is 5.75. The number of hydrogen-bond acceptors (Lipinski definition) is 4. The average molecular weight is 484 g/mol. The van der Waals surface area contributed by atoms with Crippen LogP contribution in [0.3, 0.4) is 0 Å². The highest BCUT2D eigenvalue weighted by atomic mass is 19.4. The number of halogens is 3. The summed E-state index contributed by atoms with van der Waals surface area (Å²) >= 11 is 0. The van der Waals surface area contributed by atoms with Crippen LogP contribution in [0, 0.1) is 27.7 Å². The smallest absolute Gasteiger partial charge is 0.353 e. The van der Waals surface area contributed by atoms with Crippen LogP contribution in [-0.2, 0) is 6.18 Å². The molecule has 3 aromatic rings. The first kappa shape index (κ1) is 24.5. The Morgan fingerprint density at radius 1 is 0.914 bits per heavy atom. The van der Waals surface area contributed by atoms with Gasteiger partial charge in [0.25, 0.3) is 0 Å². The molecular formula is C26H28F3N5O. The van der Waals surface area contributed by atoms with E-state index in [2.05, 4.69) is 20.2 Å². The third-order valence-electron chi connectivity index (χ3n) is 6.44. The Bertz CT molecular complexity index is 1250. The van der Waals surface area contributed by atoms with Crippen LogP contribution in [0.25, 0.3) is 11.4 Å². The monoisotopic (exact) mass is 483 g/mol. The van der Waals surface area contributed by atoms with Gasteiger partial charge in [0.05, 0.1) is 5.56 Å². The molecule has 1 aliphatic rings. The summed E-state index contributed by atoms with van der Waals surface area (Å²) in [5.74, 6) is 0.934. The minimum absolute atomic E-state index is 0.159. The van der Waals surface area contributed by atoms with Crippen LogP contribution in [0.2, 0.25) is 0 Å². The third kappa shape index (κ3) is 5.39. The Labute approximate surface area is 202 Å². The topological polar surface area (TPSA) is 61.4 Å². The molecule has 0 radical (unpaired) electrons. The zero-order valence-corrected chi connectivity index (χ0v) is 20.2. The molecule has 6 nitrogen and oxygen atoms in total. The van der Waals surface area contributed by atoms with E-state index in [9.17, 15) is 18.0 Å². The van der Waals surface area contributed by atoms with Gasteiger partial charge >= 0.3 is 12.2 Å². The maximum Gasteiger partial charge on any atom is 0.416 e. The molecule has 35 heavy (non-hydrogen) atoms. The van der Waals surface area contributed by atoms with Gasteiger partial charge < -0.3 is 15.1 Å². The van der Waals surface area contributed by atoms with Gasteiger partial charge in [-0.1, -0.05) is 18.2 Å². The number of nitrogens with zero attached hydrogens (tertiary/aromatic N) is 4. The largest absolute Gasteiger partial charge is 0.416 e. The van der Waals surface area contributed by atoms with Gasteiger partial charge in [0.2, 0.25) is 0 Å². The fourth-order valence-corrected chi connectivity index (χ4v) is 4.03. The van der Waals surface area contributed by atoms with E-state index in [-0.39, 0.29) is 11.9 Å². The first-order chi connectivity index (χ1) is 16.5. The molecule has 0 spiro atoms. The van der Waals surface area contributed by atoms with E-state index in [1.807, 2.05) is 45.9 Å². The van der Waals surface area contributed by atoms with Crippen molar-refractivity contribution in [3.63, 3.8) is 0 Å². The molecule has 1 N–H and O–H groups in total. The van der Waals surface area contributed by atoms with E-state index in [0.717, 1.165) is 34.5 Å². The van der Waals surface area contributed by atoms with Crippen molar-refractivity contribution >= 4 is 17.5 Å². The normalized spacial score (nSPS) is 14.3. The van der Waals surface area contributed by atoms with Crippen LogP contribution >= 0.6 is 0 Å². The van der Waals surface area contributed by atoms with Gasteiger partial charge in [0, 0.05) is 48.7 Å². The van der Waals surface area contributed by atoms with Crippen molar-refractivity contribution in [3.8, 4) is 11.4 Å². The summed E-state index contributed by atoms with van der Waals surface area (Å²) in [7, 11) is 0. The number of benzene rings is 2. The minimum atomic E-state index is -4.44. The predicted molar refractivity (Wildman–Crippen MR) is 131 cm³/mol. The lowest BCUT2D eigenvalue weighted by molar-refractivity contribution is -0.137. The summed E-state index contributed by atoms with van der Waals surface area (Å²) in [5.41, 5.74) is 4.19. The average Bonchev–Trinajstić information content (AvgIpc) is 2.83. The summed E-state index contributed by atoms with van der Waals surface area (Å²) in [6.45, 7) is 9.86. The second-order valence-electron chi connectivity index (χ2n) is 8.86. The van der Waals surface area contributed by atoms with Gasteiger partial charge in [0.15, 0.2) is 5.82 Å². The molecule has 9 heteroatoms. The molecule has 184 valence electrons. The molecule has 1 aliphatic heterocycles. The van der Waals surface area contributed by atoms with E-state index in [0.29, 0.717) is 43.3 Å². The lowest BCUT2D eigenvalue weighted by Crippen LogP contribution is -2.50. The molecule has 0 atom stereocenters. The van der Waals surface area contributed by atoms with Crippen LogP contribution in [0.5, 0.6) is 0 Å². The molecule has 1 saturated heterocycles. The van der Waals surface area contributed by atoms with E-state index in [1.165, 1.54) is 6.07 Å². The summed E-state index contributed by atoms with van der Waals surface area (Å²) in [4.78, 5) is 25.6. The van der Waals surface area contributed by atoms with Gasteiger partial charge in [-0.15, -0.1) is 0 Å². The maximum absolute atomic E-state index is 13.2. The zero-order valence-electron chi connectivity index (χ0n) is 20.2. The maximum atomic E-state index is 13.2. The molecule has 0 saturated carbocycles. The Balaban J connectivity index is 1.49. The highest BCUT2D eigenvalue weighted by molar-refractivity contribution is 5.89. The molecule has 2 amide bonds. The molecule has 2 aromatic carbocycles. The Morgan fingerprint density at radius 3 is 2.29 bits per heavy atom. The summed E-state index contributed by atoms with van der Waals surface area (Å²) in [6.07, 6.45) is -4.44. The second-order valence-corrected chi connectivity index (χ2v) is 8.86. The van der Waals surface area contributed by atoms with Gasteiger partial charge in [-0.05, 0) is 63.1 Å². The number of alkyl halides is 3. The van der Waals surface area contributed by atoms with E-state index in [1.54, 1.807) is 11.0 Å². The zero-order chi connectivity index (χ0) is 25.3. The van der Waals surface area contributed by atoms with Crippen molar-refractivity contribution in [3.05, 3.63) is 70.4 Å². The lowest BCUT2D eigenvalue weighted by Gasteiger charge is -2.36. The number of nitrogens with one attached hydrogen (secondary N) is 1. The fourth-order valence-electron chi connectivity index (χ4n) is 4.03. The minimum Gasteiger partial charge on any atom is -0.353 e. The quantitative estimate of drug-likeness (QED) is 0.515. The first-order valence-corrected chi connectivity index (χ1v) is 11.4. The number of piperazine rings is 1. The molecule has 0 bridgehead atoms. The van der Waals surface area contributed by atoms with Crippen LogP contribution < -0.4 is 10.2 Å². The fraction of sp³-hybridized carbons (Fsp3) is 0.346. The molecule has 4 rings (SSSR count). The van der Waals surface area contributed by atoms with E-state index in [4.69, 9.17) is 0 Å². The number of carbonyl (C=O) groups is 1. The van der Waals surface area contributed by atoms with Crippen LogP contribution in [0.15, 0.2) is 42.5 Å². The Kier molecular flexibility index (Phi) is 6.69. The molecule has 0 aliphatic carbocycles. The van der Waals surface area contributed by atoms with Crippen LogP contribution in [-0.4, -0.2) is 47.1 Å². The summed E-state index contributed by atoms with van der Waals surface area (Å²) in [6, 6.07) is 10.7. The first-order valence-electron chi connectivity index (χ1n) is 11.4. The Morgan fingerprint density at radius 2 is 1.63 bits per heavy atom. The van der Waals surface area contributed by atoms with Crippen molar-refractivity contribution in [1.82, 2.24) is 14.9 Å². The molecular weight excluding hydrogens is 455 g/mol. The van der Waals surface area contributed by atoms with Crippen LogP contribution in [0.1, 0.15) is 27.9 Å². The van der Waals surface area contributed by atoms with Crippen molar-refractivity contribution in [1.29, 1.82) is 0 Å². The number of rotatable bonds is 3. The van der Waals surface area contributed by atoms with Crippen molar-refractivity contribution in [2.75, 3.05) is 36.4 Å². The van der Waals surface area contributed by atoms with Crippen molar-refractivity contribution in [2.45, 2.75) is 33.9 Å². The second kappa shape index (κ2) is 9.56. The summed E-state index contributed by atoms with van der Waals surface area (Å²) in [5, 5.41) is 2.95. The number of hydrogen-bond donors (Lipinski definition) is 1. The van der Waals surface area contributed by atoms with Gasteiger partial charge in [-0.3, -0.25) is 0 Å².